The molecule has 0 aliphatic carbocycles. The van der Waals surface area contributed by atoms with E-state index in [1.165, 1.54) is 6.08 Å². The molecule has 0 aliphatic rings. The van der Waals surface area contributed by atoms with Crippen molar-refractivity contribution in [1.29, 1.82) is 0 Å². The Balaban J connectivity index is 2.77. The Hall–Kier alpha value is -1.77. The minimum Gasteiger partial charge on any atom is -0.494 e. The number of hydrogen-bond donors (Lipinski definition) is 1. The Bertz CT molecular complexity index is 345. The molecular formula is C11H13NO2. The van der Waals surface area contributed by atoms with E-state index in [1.54, 1.807) is 6.08 Å². The second-order valence-corrected chi connectivity index (χ2v) is 2.74. The molecule has 0 saturated carbocycles. The van der Waals surface area contributed by atoms with Gasteiger partial charge in [0.1, 0.15) is 5.75 Å². The minimum absolute atomic E-state index is 0.452. The first-order valence-electron chi connectivity index (χ1n) is 4.42. The Morgan fingerprint density at radius 1 is 1.57 bits per heavy atom. The van der Waals surface area contributed by atoms with E-state index < -0.39 is 5.91 Å². The second kappa shape index (κ2) is 5.07. The summed E-state index contributed by atoms with van der Waals surface area (Å²) in [4.78, 5) is 10.5. The first-order valence-corrected chi connectivity index (χ1v) is 4.42. The molecule has 1 amide bonds. The molecule has 0 heterocycles. The minimum atomic E-state index is -0.452. The lowest BCUT2D eigenvalue weighted by Crippen LogP contribution is -2.05. The normalized spacial score (nSPS) is 10.4. The van der Waals surface area contributed by atoms with Gasteiger partial charge in [-0.2, -0.15) is 0 Å². The predicted octanol–water partition coefficient (Wildman–Crippen LogP) is 1.58. The van der Waals surface area contributed by atoms with Crippen LogP contribution in [0.3, 0.4) is 0 Å². The lowest BCUT2D eigenvalue weighted by atomic mass is 10.2. The summed E-state index contributed by atoms with van der Waals surface area (Å²) < 4.78 is 5.30. The molecule has 0 spiro atoms. The highest BCUT2D eigenvalue weighted by atomic mass is 16.5. The third-order valence-corrected chi connectivity index (χ3v) is 1.61. The van der Waals surface area contributed by atoms with Crippen LogP contribution in [-0.4, -0.2) is 12.5 Å². The largest absolute Gasteiger partial charge is 0.494 e. The molecule has 0 saturated heterocycles. The summed E-state index contributed by atoms with van der Waals surface area (Å²) in [6, 6.07) is 7.46. The van der Waals surface area contributed by atoms with Crippen LogP contribution in [0.5, 0.6) is 5.75 Å². The standard InChI is InChI=1S/C11H13NO2/c1-2-14-10-5-3-4-9(8-10)6-7-11(12)13/h3-8H,2H2,1H3,(H2,12,13). The summed E-state index contributed by atoms with van der Waals surface area (Å²) in [5.41, 5.74) is 5.88. The van der Waals surface area contributed by atoms with Gasteiger partial charge in [0.15, 0.2) is 0 Å². The Morgan fingerprint density at radius 2 is 2.36 bits per heavy atom. The lowest BCUT2D eigenvalue weighted by molar-refractivity contribution is -0.113. The van der Waals surface area contributed by atoms with Gasteiger partial charge in [0.05, 0.1) is 6.61 Å². The molecule has 3 heteroatoms. The molecule has 14 heavy (non-hydrogen) atoms. The first-order chi connectivity index (χ1) is 6.72. The lowest BCUT2D eigenvalue weighted by Gasteiger charge is -2.02. The molecule has 0 fully saturated rings. The summed E-state index contributed by atoms with van der Waals surface area (Å²) in [5.74, 6) is 0.339. The van der Waals surface area contributed by atoms with Crippen LogP contribution in [0, 0.1) is 0 Å². The molecule has 0 unspecified atom stereocenters. The summed E-state index contributed by atoms with van der Waals surface area (Å²) in [6.07, 6.45) is 2.98. The summed E-state index contributed by atoms with van der Waals surface area (Å²) >= 11 is 0. The van der Waals surface area contributed by atoms with Crippen molar-refractivity contribution in [2.45, 2.75) is 6.92 Å². The van der Waals surface area contributed by atoms with Crippen molar-refractivity contribution in [2.24, 2.45) is 5.73 Å². The van der Waals surface area contributed by atoms with Gasteiger partial charge in [-0.05, 0) is 30.7 Å². The van der Waals surface area contributed by atoms with E-state index in [-0.39, 0.29) is 0 Å². The van der Waals surface area contributed by atoms with Crippen LogP contribution in [0.15, 0.2) is 30.3 Å². The fourth-order valence-electron chi connectivity index (χ4n) is 1.05. The molecule has 1 aromatic carbocycles. The quantitative estimate of drug-likeness (QED) is 0.734. The molecular weight excluding hydrogens is 178 g/mol. The fourth-order valence-corrected chi connectivity index (χ4v) is 1.05. The van der Waals surface area contributed by atoms with Crippen molar-refractivity contribution in [1.82, 2.24) is 0 Å². The number of primary amides is 1. The predicted molar refractivity (Wildman–Crippen MR) is 55.8 cm³/mol. The Labute approximate surface area is 83.2 Å². The van der Waals surface area contributed by atoms with Crippen molar-refractivity contribution in [2.75, 3.05) is 6.61 Å². The zero-order valence-corrected chi connectivity index (χ0v) is 8.07. The average Bonchev–Trinajstić information content (AvgIpc) is 2.16. The summed E-state index contributed by atoms with van der Waals surface area (Å²) in [5, 5.41) is 0. The highest BCUT2D eigenvalue weighted by Crippen LogP contribution is 2.14. The number of ether oxygens (including phenoxy) is 1. The van der Waals surface area contributed by atoms with Crippen molar-refractivity contribution in [3.8, 4) is 5.75 Å². The van der Waals surface area contributed by atoms with Gasteiger partial charge in [-0.25, -0.2) is 0 Å². The van der Waals surface area contributed by atoms with E-state index in [1.807, 2.05) is 31.2 Å². The number of carbonyl (C=O) groups excluding carboxylic acids is 1. The molecule has 0 aromatic heterocycles. The highest BCUT2D eigenvalue weighted by molar-refractivity contribution is 5.90. The number of nitrogens with two attached hydrogens (primary N) is 1. The van der Waals surface area contributed by atoms with Crippen molar-refractivity contribution in [3.05, 3.63) is 35.9 Å². The van der Waals surface area contributed by atoms with E-state index in [0.29, 0.717) is 6.61 Å². The van der Waals surface area contributed by atoms with E-state index >= 15 is 0 Å². The van der Waals surface area contributed by atoms with Gasteiger partial charge in [0.25, 0.3) is 0 Å². The molecule has 0 bridgehead atoms. The van der Waals surface area contributed by atoms with Crippen LogP contribution < -0.4 is 10.5 Å². The zero-order chi connectivity index (χ0) is 10.4. The van der Waals surface area contributed by atoms with Crippen LogP contribution in [0.2, 0.25) is 0 Å². The molecule has 0 aliphatic heterocycles. The number of rotatable bonds is 4. The molecule has 1 aromatic rings. The van der Waals surface area contributed by atoms with Crippen LogP contribution in [0.4, 0.5) is 0 Å². The molecule has 0 radical (unpaired) electrons. The molecule has 74 valence electrons. The summed E-state index contributed by atoms with van der Waals surface area (Å²) in [6.45, 7) is 2.55. The van der Waals surface area contributed by atoms with Gasteiger partial charge >= 0.3 is 0 Å². The van der Waals surface area contributed by atoms with Crippen LogP contribution in [-0.2, 0) is 4.79 Å². The van der Waals surface area contributed by atoms with Crippen LogP contribution in [0.25, 0.3) is 6.08 Å². The monoisotopic (exact) mass is 191 g/mol. The topological polar surface area (TPSA) is 52.3 Å². The number of amides is 1. The Morgan fingerprint density at radius 3 is 3.00 bits per heavy atom. The number of hydrogen-bond acceptors (Lipinski definition) is 2. The van der Waals surface area contributed by atoms with E-state index in [4.69, 9.17) is 10.5 Å². The molecule has 2 N–H and O–H groups in total. The Kier molecular flexibility index (Phi) is 3.73. The van der Waals surface area contributed by atoms with Crippen molar-refractivity contribution < 1.29 is 9.53 Å². The molecule has 0 atom stereocenters. The van der Waals surface area contributed by atoms with Crippen molar-refractivity contribution >= 4 is 12.0 Å². The van der Waals surface area contributed by atoms with E-state index in [2.05, 4.69) is 0 Å². The SMILES string of the molecule is CCOc1cccc(C=CC(N)=O)c1. The van der Waals surface area contributed by atoms with Gasteiger partial charge in [-0.1, -0.05) is 12.1 Å². The number of benzene rings is 1. The van der Waals surface area contributed by atoms with Gasteiger partial charge in [-0.3, -0.25) is 4.79 Å². The zero-order valence-electron chi connectivity index (χ0n) is 8.07. The van der Waals surface area contributed by atoms with E-state index in [0.717, 1.165) is 11.3 Å². The maximum atomic E-state index is 10.5. The maximum Gasteiger partial charge on any atom is 0.241 e. The highest BCUT2D eigenvalue weighted by Gasteiger charge is 1.93. The van der Waals surface area contributed by atoms with Gasteiger partial charge in [0.2, 0.25) is 5.91 Å². The third-order valence-electron chi connectivity index (χ3n) is 1.61. The van der Waals surface area contributed by atoms with Gasteiger partial charge < -0.3 is 10.5 Å². The van der Waals surface area contributed by atoms with Gasteiger partial charge in [0, 0.05) is 6.08 Å². The fraction of sp³-hybridized carbons (Fsp3) is 0.182. The average molecular weight is 191 g/mol. The number of carbonyl (C=O) groups is 1. The second-order valence-electron chi connectivity index (χ2n) is 2.74. The molecule has 1 rings (SSSR count). The summed E-state index contributed by atoms with van der Waals surface area (Å²) in [7, 11) is 0. The maximum absolute atomic E-state index is 10.5. The van der Waals surface area contributed by atoms with Gasteiger partial charge in [-0.15, -0.1) is 0 Å². The van der Waals surface area contributed by atoms with E-state index in [9.17, 15) is 4.79 Å². The van der Waals surface area contributed by atoms with Crippen LogP contribution in [0.1, 0.15) is 12.5 Å². The smallest absolute Gasteiger partial charge is 0.241 e. The third kappa shape index (κ3) is 3.31. The van der Waals surface area contributed by atoms with Crippen molar-refractivity contribution in [3.63, 3.8) is 0 Å². The first kappa shape index (κ1) is 10.3. The van der Waals surface area contributed by atoms with Crippen LogP contribution >= 0.6 is 0 Å². The molecule has 3 nitrogen and oxygen atoms in total.